The predicted molar refractivity (Wildman–Crippen MR) is 71.1 cm³/mol. The van der Waals surface area contributed by atoms with Crippen molar-refractivity contribution in [1.82, 2.24) is 4.31 Å². The van der Waals surface area contributed by atoms with Crippen LogP contribution in [0.1, 0.15) is 39.0 Å². The van der Waals surface area contributed by atoms with Crippen LogP contribution in [0, 0.1) is 0 Å². The third kappa shape index (κ3) is 4.74. The summed E-state index contributed by atoms with van der Waals surface area (Å²) in [4.78, 5) is 11.2. The zero-order valence-corrected chi connectivity index (χ0v) is 12.4. The van der Waals surface area contributed by atoms with Gasteiger partial charge in [0.1, 0.15) is 0 Å². The highest BCUT2D eigenvalue weighted by Crippen LogP contribution is 2.24. The monoisotopic (exact) mass is 293 g/mol. The van der Waals surface area contributed by atoms with E-state index in [1.807, 2.05) is 0 Å². The van der Waals surface area contributed by atoms with Gasteiger partial charge in [-0.2, -0.15) is 4.31 Å². The van der Waals surface area contributed by atoms with Crippen molar-refractivity contribution in [3.05, 3.63) is 0 Å². The van der Waals surface area contributed by atoms with Crippen molar-refractivity contribution in [2.45, 2.75) is 51.2 Å². The van der Waals surface area contributed by atoms with Crippen LogP contribution in [0.2, 0.25) is 0 Å². The second-order valence-electron chi connectivity index (χ2n) is 4.81. The molecule has 0 aromatic carbocycles. The molecule has 0 heterocycles. The Hall–Kier alpha value is -0.660. The Bertz CT molecular complexity index is 395. The van der Waals surface area contributed by atoms with Crippen molar-refractivity contribution in [1.29, 1.82) is 0 Å². The van der Waals surface area contributed by atoms with Gasteiger partial charge in [0, 0.05) is 7.05 Å². The number of hydrogen-bond acceptors (Lipinski definition) is 5. The number of rotatable bonds is 6. The number of carbonyl (C=O) groups excluding carboxylic acids is 1. The maximum absolute atomic E-state index is 12.1. The molecule has 0 aromatic rings. The van der Waals surface area contributed by atoms with E-state index in [2.05, 4.69) is 0 Å². The molecule has 6 nitrogen and oxygen atoms in total. The van der Waals surface area contributed by atoms with Crippen LogP contribution < -0.4 is 0 Å². The lowest BCUT2D eigenvalue weighted by molar-refractivity contribution is -0.142. The molecule has 1 aliphatic rings. The van der Waals surface area contributed by atoms with Crippen molar-refractivity contribution in [3.63, 3.8) is 0 Å². The molecular weight excluding hydrogens is 270 g/mol. The fourth-order valence-corrected chi connectivity index (χ4v) is 3.68. The molecule has 1 N–H and O–H groups in total. The minimum Gasteiger partial charge on any atom is -0.466 e. The number of esters is 1. The topological polar surface area (TPSA) is 83.9 Å². The minimum atomic E-state index is -3.53. The van der Waals surface area contributed by atoms with E-state index in [4.69, 9.17) is 4.74 Å². The predicted octanol–water partition coefficient (Wildman–Crippen LogP) is 0.505. The second kappa shape index (κ2) is 7.21. The molecule has 1 aliphatic carbocycles. The summed E-state index contributed by atoms with van der Waals surface area (Å²) in [6, 6.07) is -0.374. The van der Waals surface area contributed by atoms with Gasteiger partial charge in [0.05, 0.1) is 30.9 Å². The highest BCUT2D eigenvalue weighted by molar-refractivity contribution is 7.89. The maximum atomic E-state index is 12.1. The summed E-state index contributed by atoms with van der Waals surface area (Å²) >= 11 is 0. The summed E-state index contributed by atoms with van der Waals surface area (Å²) in [5.41, 5.74) is 0. The summed E-state index contributed by atoms with van der Waals surface area (Å²) in [5.74, 6) is -0.783. The highest BCUT2D eigenvalue weighted by atomic mass is 32.2. The second-order valence-corrected chi connectivity index (χ2v) is 6.95. The molecule has 19 heavy (non-hydrogen) atoms. The van der Waals surface area contributed by atoms with E-state index in [0.29, 0.717) is 12.8 Å². The Morgan fingerprint density at radius 2 is 2.00 bits per heavy atom. The first-order valence-corrected chi connectivity index (χ1v) is 8.28. The fraction of sp³-hybridized carbons (Fsp3) is 0.917. The number of aliphatic hydroxyl groups excluding tert-OH is 1. The average Bonchev–Trinajstić information content (AvgIpc) is 2.37. The van der Waals surface area contributed by atoms with Crippen LogP contribution in [0.4, 0.5) is 0 Å². The zero-order chi connectivity index (χ0) is 14.5. The number of likely N-dealkylation sites (N-methyl/N-ethyl adjacent to an activating group) is 1. The van der Waals surface area contributed by atoms with Crippen molar-refractivity contribution in [2.24, 2.45) is 0 Å². The van der Waals surface area contributed by atoms with Crippen LogP contribution in [0.25, 0.3) is 0 Å². The summed E-state index contributed by atoms with van der Waals surface area (Å²) in [6.45, 7) is 1.92. The van der Waals surface area contributed by atoms with Gasteiger partial charge in [0.25, 0.3) is 0 Å². The Morgan fingerprint density at radius 1 is 1.37 bits per heavy atom. The van der Waals surface area contributed by atoms with Crippen LogP contribution in [0.5, 0.6) is 0 Å². The quantitative estimate of drug-likeness (QED) is 0.721. The van der Waals surface area contributed by atoms with Crippen LogP contribution in [0.3, 0.4) is 0 Å². The maximum Gasteiger partial charge on any atom is 0.306 e. The van der Waals surface area contributed by atoms with Crippen LogP contribution >= 0.6 is 0 Å². The molecule has 0 amide bonds. The van der Waals surface area contributed by atoms with Gasteiger partial charge in [-0.1, -0.05) is 12.8 Å². The van der Waals surface area contributed by atoms with E-state index >= 15 is 0 Å². The molecule has 0 aromatic heterocycles. The Labute approximate surface area is 114 Å². The summed E-state index contributed by atoms with van der Waals surface area (Å²) in [6.07, 6.45) is 2.37. The molecule has 0 saturated heterocycles. The van der Waals surface area contributed by atoms with Gasteiger partial charge in [-0.15, -0.1) is 0 Å². The summed E-state index contributed by atoms with van der Waals surface area (Å²) < 4.78 is 30.1. The van der Waals surface area contributed by atoms with Gasteiger partial charge in [-0.05, 0) is 19.8 Å². The standard InChI is InChI=1S/C12H23NO5S/c1-3-18-12(15)8-9-19(16,17)13(2)10-6-4-5-7-11(10)14/h10-11,14H,3-9H2,1-2H3. The van der Waals surface area contributed by atoms with E-state index in [1.165, 1.54) is 11.4 Å². The lowest BCUT2D eigenvalue weighted by Crippen LogP contribution is -2.47. The van der Waals surface area contributed by atoms with Crippen LogP contribution in [0.15, 0.2) is 0 Å². The molecule has 0 spiro atoms. The Morgan fingerprint density at radius 3 is 2.58 bits per heavy atom. The number of carbonyl (C=O) groups is 1. The first-order chi connectivity index (χ1) is 8.88. The average molecular weight is 293 g/mol. The first-order valence-electron chi connectivity index (χ1n) is 6.68. The molecule has 1 fully saturated rings. The van der Waals surface area contributed by atoms with Gasteiger partial charge in [0.15, 0.2) is 0 Å². The van der Waals surface area contributed by atoms with Crippen LogP contribution in [-0.4, -0.2) is 55.4 Å². The SMILES string of the molecule is CCOC(=O)CCS(=O)(=O)N(C)C1CCCCC1O. The van der Waals surface area contributed by atoms with E-state index in [1.54, 1.807) is 6.92 Å². The summed E-state index contributed by atoms with van der Waals surface area (Å²) in [5, 5.41) is 9.87. The number of sulfonamides is 1. The number of ether oxygens (including phenoxy) is 1. The molecule has 1 saturated carbocycles. The lowest BCUT2D eigenvalue weighted by Gasteiger charge is -2.34. The largest absolute Gasteiger partial charge is 0.466 e. The van der Waals surface area contributed by atoms with Gasteiger partial charge in [-0.25, -0.2) is 8.42 Å². The fourth-order valence-electron chi connectivity index (χ4n) is 2.31. The molecular formula is C12H23NO5S. The van der Waals surface area contributed by atoms with E-state index in [-0.39, 0.29) is 24.8 Å². The Balaban J connectivity index is 2.58. The van der Waals surface area contributed by atoms with Gasteiger partial charge in [-0.3, -0.25) is 4.79 Å². The Kier molecular flexibility index (Phi) is 6.22. The van der Waals surface area contributed by atoms with Gasteiger partial charge >= 0.3 is 5.97 Å². The minimum absolute atomic E-state index is 0.149. The first kappa shape index (κ1) is 16.4. The lowest BCUT2D eigenvalue weighted by atomic mass is 9.93. The summed E-state index contributed by atoms with van der Waals surface area (Å²) in [7, 11) is -2.06. The van der Waals surface area contributed by atoms with Gasteiger partial charge < -0.3 is 9.84 Å². The third-order valence-corrected chi connectivity index (χ3v) is 5.34. The van der Waals surface area contributed by atoms with Crippen LogP contribution in [-0.2, 0) is 19.6 Å². The van der Waals surface area contributed by atoms with E-state index < -0.39 is 22.1 Å². The number of aliphatic hydroxyl groups is 1. The smallest absolute Gasteiger partial charge is 0.306 e. The number of hydrogen-bond donors (Lipinski definition) is 1. The van der Waals surface area contributed by atoms with Crippen molar-refractivity contribution in [3.8, 4) is 0 Å². The molecule has 0 radical (unpaired) electrons. The van der Waals surface area contributed by atoms with Crippen molar-refractivity contribution >= 4 is 16.0 Å². The molecule has 2 atom stereocenters. The molecule has 1 rings (SSSR count). The normalized spacial score (nSPS) is 24.4. The molecule has 7 heteroatoms. The molecule has 2 unspecified atom stereocenters. The molecule has 0 bridgehead atoms. The van der Waals surface area contributed by atoms with Crippen molar-refractivity contribution < 1.29 is 23.1 Å². The molecule has 112 valence electrons. The highest BCUT2D eigenvalue weighted by Gasteiger charge is 2.33. The third-order valence-electron chi connectivity index (χ3n) is 3.47. The van der Waals surface area contributed by atoms with E-state index in [9.17, 15) is 18.3 Å². The van der Waals surface area contributed by atoms with Crippen molar-refractivity contribution in [2.75, 3.05) is 19.4 Å². The zero-order valence-electron chi connectivity index (χ0n) is 11.5. The van der Waals surface area contributed by atoms with E-state index in [0.717, 1.165) is 12.8 Å². The number of nitrogens with zero attached hydrogens (tertiary/aromatic N) is 1. The molecule has 0 aliphatic heterocycles. The van der Waals surface area contributed by atoms with Gasteiger partial charge in [0.2, 0.25) is 10.0 Å².